The number of carbonyl (C=O) groups is 2. The zero-order valence-electron chi connectivity index (χ0n) is 31.0. The molecule has 3 N–H and O–H groups in total. The van der Waals surface area contributed by atoms with Gasteiger partial charge in [-0.15, -0.1) is 0 Å². The Balaban J connectivity index is 4.22. The second kappa shape index (κ2) is 35.6. The van der Waals surface area contributed by atoms with E-state index in [-0.39, 0.29) is 32.6 Å². The molecule has 0 saturated carbocycles. The van der Waals surface area contributed by atoms with Crippen LogP contribution in [0.3, 0.4) is 0 Å². The normalized spacial score (nSPS) is 13.5. The standard InChI is InChI=1S/C38H74NO8P/c1-3-5-7-9-11-13-15-17-18-19-21-22-24-26-28-30-37(40)44-34-36(35-46-48(42,43)45-33-32-39)47-38(41)31-29-27-25-23-20-16-14-12-10-8-6-4-2/h24,26,36H,3-23,25,27-35,39H2,1-2H3,(H,42,43)/b26-24+/t36-/m1/s1. The number of unbranched alkanes of at least 4 members (excludes halogenated alkanes) is 22. The van der Waals surface area contributed by atoms with E-state index < -0.39 is 32.5 Å². The molecule has 0 aromatic rings. The predicted octanol–water partition coefficient (Wildman–Crippen LogP) is 10.7. The lowest BCUT2D eigenvalue weighted by Crippen LogP contribution is -2.29. The molecule has 0 aromatic carbocycles. The lowest BCUT2D eigenvalue weighted by atomic mass is 10.0. The summed E-state index contributed by atoms with van der Waals surface area (Å²) >= 11 is 0. The van der Waals surface area contributed by atoms with Crippen molar-refractivity contribution in [3.8, 4) is 0 Å². The van der Waals surface area contributed by atoms with Gasteiger partial charge in [-0.3, -0.25) is 18.6 Å². The summed E-state index contributed by atoms with van der Waals surface area (Å²) in [6.07, 6.45) is 33.9. The molecule has 10 heteroatoms. The summed E-state index contributed by atoms with van der Waals surface area (Å²) in [5.74, 6) is -0.879. The van der Waals surface area contributed by atoms with Crippen LogP contribution >= 0.6 is 7.82 Å². The number of esters is 2. The molecule has 0 aliphatic carbocycles. The number of ether oxygens (including phenoxy) is 2. The van der Waals surface area contributed by atoms with Gasteiger partial charge in [0.25, 0.3) is 0 Å². The van der Waals surface area contributed by atoms with E-state index in [4.69, 9.17) is 24.3 Å². The Morgan fingerprint density at radius 1 is 0.604 bits per heavy atom. The van der Waals surface area contributed by atoms with Gasteiger partial charge < -0.3 is 20.1 Å². The van der Waals surface area contributed by atoms with E-state index in [1.54, 1.807) is 0 Å². The van der Waals surface area contributed by atoms with Crippen molar-refractivity contribution in [3.63, 3.8) is 0 Å². The highest BCUT2D eigenvalue weighted by Gasteiger charge is 2.25. The lowest BCUT2D eigenvalue weighted by molar-refractivity contribution is -0.161. The Bertz CT molecular complexity index is 810. The second-order valence-electron chi connectivity index (χ2n) is 13.2. The van der Waals surface area contributed by atoms with Crippen molar-refractivity contribution in [2.75, 3.05) is 26.4 Å². The molecule has 0 saturated heterocycles. The van der Waals surface area contributed by atoms with E-state index in [0.717, 1.165) is 25.7 Å². The molecule has 0 fully saturated rings. The van der Waals surface area contributed by atoms with Crippen LogP contribution in [0.1, 0.15) is 187 Å². The van der Waals surface area contributed by atoms with Crippen molar-refractivity contribution < 1.29 is 37.6 Å². The van der Waals surface area contributed by atoms with Crippen molar-refractivity contribution in [2.24, 2.45) is 5.73 Å². The fourth-order valence-electron chi connectivity index (χ4n) is 5.48. The first-order chi connectivity index (χ1) is 23.3. The highest BCUT2D eigenvalue weighted by Crippen LogP contribution is 2.43. The third-order valence-corrected chi connectivity index (χ3v) is 9.40. The van der Waals surface area contributed by atoms with Crippen molar-refractivity contribution >= 4 is 19.8 Å². The molecule has 0 bridgehead atoms. The summed E-state index contributed by atoms with van der Waals surface area (Å²) in [5, 5.41) is 0. The van der Waals surface area contributed by atoms with E-state index >= 15 is 0 Å². The minimum Gasteiger partial charge on any atom is -0.462 e. The molecule has 2 atom stereocenters. The molecule has 0 spiro atoms. The molecule has 0 aliphatic rings. The van der Waals surface area contributed by atoms with Gasteiger partial charge in [0, 0.05) is 19.4 Å². The maximum absolute atomic E-state index is 12.5. The van der Waals surface area contributed by atoms with Gasteiger partial charge in [0.15, 0.2) is 6.10 Å². The van der Waals surface area contributed by atoms with Gasteiger partial charge in [0.05, 0.1) is 13.2 Å². The number of hydrogen-bond donors (Lipinski definition) is 2. The van der Waals surface area contributed by atoms with E-state index in [2.05, 4.69) is 19.9 Å². The number of allylic oxidation sites excluding steroid dienone is 2. The highest BCUT2D eigenvalue weighted by molar-refractivity contribution is 7.47. The van der Waals surface area contributed by atoms with Crippen LogP contribution in [0.4, 0.5) is 0 Å². The van der Waals surface area contributed by atoms with E-state index in [9.17, 15) is 19.0 Å². The van der Waals surface area contributed by atoms with Crippen molar-refractivity contribution in [1.29, 1.82) is 0 Å². The monoisotopic (exact) mass is 704 g/mol. The number of phosphoric ester groups is 1. The molecular weight excluding hydrogens is 629 g/mol. The fourth-order valence-corrected chi connectivity index (χ4v) is 6.24. The summed E-state index contributed by atoms with van der Waals surface area (Å²) in [5.41, 5.74) is 5.33. The van der Waals surface area contributed by atoms with Crippen LogP contribution in [0.5, 0.6) is 0 Å². The molecule has 48 heavy (non-hydrogen) atoms. The second-order valence-corrected chi connectivity index (χ2v) is 14.6. The van der Waals surface area contributed by atoms with Crippen LogP contribution in [-0.2, 0) is 32.7 Å². The van der Waals surface area contributed by atoms with Crippen LogP contribution in [0, 0.1) is 0 Å². The summed E-state index contributed by atoms with van der Waals surface area (Å²) in [6.45, 7) is 3.69. The predicted molar refractivity (Wildman–Crippen MR) is 197 cm³/mol. The average molecular weight is 704 g/mol. The Morgan fingerprint density at radius 3 is 1.56 bits per heavy atom. The number of phosphoric acid groups is 1. The maximum Gasteiger partial charge on any atom is 0.472 e. The van der Waals surface area contributed by atoms with Crippen molar-refractivity contribution in [3.05, 3.63) is 12.2 Å². The smallest absolute Gasteiger partial charge is 0.462 e. The van der Waals surface area contributed by atoms with Crippen molar-refractivity contribution in [1.82, 2.24) is 0 Å². The number of hydrogen-bond acceptors (Lipinski definition) is 8. The van der Waals surface area contributed by atoms with Crippen LogP contribution in [0.15, 0.2) is 12.2 Å². The fraction of sp³-hybridized carbons (Fsp3) is 0.895. The molecule has 9 nitrogen and oxygen atoms in total. The minimum absolute atomic E-state index is 0.0523. The topological polar surface area (TPSA) is 134 Å². The van der Waals surface area contributed by atoms with Gasteiger partial charge in [-0.05, 0) is 25.7 Å². The Hall–Kier alpha value is -1.25. The van der Waals surface area contributed by atoms with Crippen LogP contribution in [-0.4, -0.2) is 49.3 Å². The third-order valence-electron chi connectivity index (χ3n) is 8.41. The number of nitrogens with two attached hydrogens (primary N) is 1. The Morgan fingerprint density at radius 2 is 1.06 bits per heavy atom. The molecule has 0 aliphatic heterocycles. The van der Waals surface area contributed by atoms with E-state index in [1.807, 2.05) is 6.08 Å². The zero-order valence-corrected chi connectivity index (χ0v) is 31.9. The first kappa shape index (κ1) is 46.8. The lowest BCUT2D eigenvalue weighted by Gasteiger charge is -2.19. The van der Waals surface area contributed by atoms with Gasteiger partial charge in [-0.25, -0.2) is 4.57 Å². The first-order valence-electron chi connectivity index (χ1n) is 19.7. The zero-order chi connectivity index (χ0) is 35.4. The quantitative estimate of drug-likeness (QED) is 0.0280. The molecule has 0 amide bonds. The highest BCUT2D eigenvalue weighted by atomic mass is 31.2. The van der Waals surface area contributed by atoms with Crippen LogP contribution < -0.4 is 5.73 Å². The van der Waals surface area contributed by atoms with Gasteiger partial charge in [-0.1, -0.05) is 161 Å². The molecule has 0 heterocycles. The third kappa shape index (κ3) is 34.6. The number of carbonyl (C=O) groups excluding carboxylic acids is 2. The first-order valence-corrected chi connectivity index (χ1v) is 21.2. The summed E-state index contributed by atoms with van der Waals surface area (Å²) in [7, 11) is -4.37. The summed E-state index contributed by atoms with van der Waals surface area (Å²) < 4.78 is 32.6. The summed E-state index contributed by atoms with van der Waals surface area (Å²) in [4.78, 5) is 34.7. The molecule has 0 radical (unpaired) electrons. The van der Waals surface area contributed by atoms with Crippen LogP contribution in [0.25, 0.3) is 0 Å². The number of rotatable bonds is 37. The average Bonchev–Trinajstić information content (AvgIpc) is 3.07. The van der Waals surface area contributed by atoms with Crippen molar-refractivity contribution in [2.45, 2.75) is 193 Å². The van der Waals surface area contributed by atoms with Crippen LogP contribution in [0.2, 0.25) is 0 Å². The maximum atomic E-state index is 12.5. The summed E-state index contributed by atoms with van der Waals surface area (Å²) in [6, 6.07) is 0. The Labute approximate surface area is 294 Å². The van der Waals surface area contributed by atoms with Gasteiger partial charge >= 0.3 is 19.8 Å². The van der Waals surface area contributed by atoms with Gasteiger partial charge in [0.2, 0.25) is 0 Å². The molecule has 0 rings (SSSR count). The van der Waals surface area contributed by atoms with E-state index in [0.29, 0.717) is 12.8 Å². The van der Waals surface area contributed by atoms with Gasteiger partial charge in [0.1, 0.15) is 6.61 Å². The van der Waals surface area contributed by atoms with Gasteiger partial charge in [-0.2, -0.15) is 0 Å². The van der Waals surface area contributed by atoms with E-state index in [1.165, 1.54) is 122 Å². The molecule has 284 valence electrons. The minimum atomic E-state index is -4.37. The molecule has 0 aromatic heterocycles. The SMILES string of the molecule is CCCCCCCCCCCCC/C=C/CCC(=O)OC[C@H](COP(=O)(O)OCCN)OC(=O)CCCCCCCCCCCCCC. The largest absolute Gasteiger partial charge is 0.472 e. The Kier molecular flexibility index (Phi) is 34.6. The molecular formula is C38H74NO8P. The molecule has 1 unspecified atom stereocenters.